The quantitative estimate of drug-likeness (QED) is 0.723. The minimum atomic E-state index is -0.128. The Morgan fingerprint density at radius 3 is 2.88 bits per heavy atom. The molecule has 1 heterocycles. The van der Waals surface area contributed by atoms with Crippen LogP contribution in [0, 0.1) is 0 Å². The zero-order chi connectivity index (χ0) is 16.9. The van der Waals surface area contributed by atoms with E-state index in [-0.39, 0.29) is 11.9 Å². The van der Waals surface area contributed by atoms with Crippen LogP contribution in [0.5, 0.6) is 5.75 Å². The third-order valence-corrected chi connectivity index (χ3v) is 4.70. The molecule has 0 saturated carbocycles. The summed E-state index contributed by atoms with van der Waals surface area (Å²) in [5.74, 6) is 0.700. The number of rotatable bonds is 6. The smallest absolute Gasteiger partial charge is 0.270 e. The number of fused-ring (bicyclic) bond motifs is 1. The molecule has 0 aliphatic heterocycles. The average molecular weight is 340 g/mol. The number of carbonyl (C=O) groups is 1. The Hall–Kier alpha value is -2.40. The van der Waals surface area contributed by atoms with E-state index in [1.165, 1.54) is 11.3 Å². The number of hydrogen-bond donors (Lipinski definition) is 1. The van der Waals surface area contributed by atoms with Gasteiger partial charge in [0, 0.05) is 16.8 Å². The maximum Gasteiger partial charge on any atom is 0.270 e. The average Bonchev–Trinajstić information content (AvgIpc) is 3.09. The molecule has 3 rings (SSSR count). The van der Waals surface area contributed by atoms with Crippen LogP contribution in [0.15, 0.2) is 47.8 Å². The van der Waals surface area contributed by atoms with Gasteiger partial charge < -0.3 is 10.1 Å². The molecule has 1 amide bonds. The molecule has 0 aliphatic carbocycles. The van der Waals surface area contributed by atoms with Gasteiger partial charge in [-0.15, -0.1) is 11.3 Å². The van der Waals surface area contributed by atoms with Gasteiger partial charge in [-0.05, 0) is 24.8 Å². The van der Waals surface area contributed by atoms with Gasteiger partial charge in [-0.2, -0.15) is 0 Å². The van der Waals surface area contributed by atoms with Crippen LogP contribution in [-0.2, 0) is 6.61 Å². The van der Waals surface area contributed by atoms with Gasteiger partial charge in [-0.1, -0.05) is 43.3 Å². The van der Waals surface area contributed by atoms with Crippen molar-refractivity contribution < 1.29 is 9.53 Å². The molecule has 1 N–H and O–H groups in total. The van der Waals surface area contributed by atoms with Crippen LogP contribution in [0.1, 0.15) is 35.8 Å². The number of benzene rings is 2. The summed E-state index contributed by atoms with van der Waals surface area (Å²) in [6.45, 7) is 4.37. The molecule has 0 radical (unpaired) electrons. The first-order valence-corrected chi connectivity index (χ1v) is 8.91. The minimum absolute atomic E-state index is 0.128. The topological polar surface area (TPSA) is 51.2 Å². The summed E-state index contributed by atoms with van der Waals surface area (Å²) in [6.07, 6.45) is 0.896. The fraction of sp³-hybridized carbons (Fsp3) is 0.263. The number of aromatic nitrogens is 1. The van der Waals surface area contributed by atoms with Crippen LogP contribution >= 0.6 is 11.3 Å². The summed E-state index contributed by atoms with van der Waals surface area (Å²) in [6, 6.07) is 14.2. The normalized spacial score (nSPS) is 12.1. The highest BCUT2D eigenvalue weighted by molar-refractivity contribution is 7.09. The van der Waals surface area contributed by atoms with Crippen LogP contribution in [0.2, 0.25) is 0 Å². The van der Waals surface area contributed by atoms with E-state index in [1.54, 1.807) is 5.38 Å². The van der Waals surface area contributed by atoms with Crippen molar-refractivity contribution in [3.63, 3.8) is 0 Å². The van der Waals surface area contributed by atoms with Crippen molar-refractivity contribution in [1.29, 1.82) is 0 Å². The fourth-order valence-electron chi connectivity index (χ4n) is 2.34. The third kappa shape index (κ3) is 3.74. The fourth-order valence-corrected chi connectivity index (χ4v) is 3.03. The number of carbonyl (C=O) groups excluding carboxylic acids is 1. The highest BCUT2D eigenvalue weighted by atomic mass is 32.1. The predicted octanol–water partition coefficient (Wildman–Crippen LogP) is 4.40. The van der Waals surface area contributed by atoms with Crippen LogP contribution < -0.4 is 10.1 Å². The van der Waals surface area contributed by atoms with Crippen molar-refractivity contribution in [1.82, 2.24) is 10.3 Å². The molecular weight excluding hydrogens is 320 g/mol. The zero-order valence-corrected chi connectivity index (χ0v) is 14.6. The van der Waals surface area contributed by atoms with Crippen LogP contribution in [-0.4, -0.2) is 16.9 Å². The lowest BCUT2D eigenvalue weighted by molar-refractivity contribution is 0.0934. The molecule has 3 aromatic rings. The summed E-state index contributed by atoms with van der Waals surface area (Å²) in [5, 5.41) is 7.70. The Bertz CT molecular complexity index is 839. The first-order valence-electron chi connectivity index (χ1n) is 8.03. The van der Waals surface area contributed by atoms with Gasteiger partial charge >= 0.3 is 0 Å². The number of ether oxygens (including phenoxy) is 1. The van der Waals surface area contributed by atoms with E-state index < -0.39 is 0 Å². The maximum atomic E-state index is 12.1. The summed E-state index contributed by atoms with van der Waals surface area (Å²) in [7, 11) is 0. The van der Waals surface area contributed by atoms with Crippen molar-refractivity contribution in [2.45, 2.75) is 32.9 Å². The lowest BCUT2D eigenvalue weighted by atomic mass is 10.1. The van der Waals surface area contributed by atoms with Gasteiger partial charge in [0.25, 0.3) is 5.91 Å². The Balaban J connectivity index is 1.68. The molecular formula is C19H20N2O2S. The van der Waals surface area contributed by atoms with E-state index in [0.29, 0.717) is 12.3 Å². The monoisotopic (exact) mass is 340 g/mol. The molecule has 0 fully saturated rings. The summed E-state index contributed by atoms with van der Waals surface area (Å²) >= 11 is 1.44. The van der Waals surface area contributed by atoms with E-state index in [4.69, 9.17) is 4.74 Å². The second-order valence-corrected chi connectivity index (χ2v) is 6.62. The number of amides is 1. The maximum absolute atomic E-state index is 12.1. The van der Waals surface area contributed by atoms with Crippen molar-refractivity contribution in [3.05, 3.63) is 58.5 Å². The van der Waals surface area contributed by atoms with Gasteiger partial charge in [0.05, 0.1) is 0 Å². The largest absolute Gasteiger partial charge is 0.486 e. The summed E-state index contributed by atoms with van der Waals surface area (Å²) in [4.78, 5) is 16.4. The van der Waals surface area contributed by atoms with Crippen molar-refractivity contribution in [2.75, 3.05) is 0 Å². The standard InChI is InChI=1S/C19H20N2O2S/c1-3-13(2)20-19(22)16-12-24-18(21-16)11-23-17-10-6-8-14-7-4-5-9-15(14)17/h4-10,12-13H,3,11H2,1-2H3,(H,20,22). The van der Waals surface area contributed by atoms with Gasteiger partial charge in [-0.3, -0.25) is 4.79 Å². The molecule has 0 saturated heterocycles. The second-order valence-electron chi connectivity index (χ2n) is 5.68. The summed E-state index contributed by atoms with van der Waals surface area (Å²) in [5.41, 5.74) is 0.455. The minimum Gasteiger partial charge on any atom is -0.486 e. The molecule has 4 nitrogen and oxygen atoms in total. The van der Waals surface area contributed by atoms with Crippen molar-refractivity contribution >= 4 is 28.0 Å². The third-order valence-electron chi connectivity index (χ3n) is 3.88. The van der Waals surface area contributed by atoms with Crippen molar-refractivity contribution in [2.24, 2.45) is 0 Å². The van der Waals surface area contributed by atoms with Crippen LogP contribution in [0.4, 0.5) is 0 Å². The lowest BCUT2D eigenvalue weighted by Gasteiger charge is -2.09. The highest BCUT2D eigenvalue weighted by Gasteiger charge is 2.13. The molecule has 2 aromatic carbocycles. The second kappa shape index (κ2) is 7.45. The molecule has 1 atom stereocenters. The van der Waals surface area contributed by atoms with Crippen LogP contribution in [0.25, 0.3) is 10.8 Å². The van der Waals surface area contributed by atoms with Gasteiger partial charge in [0.15, 0.2) is 0 Å². The lowest BCUT2D eigenvalue weighted by Crippen LogP contribution is -2.32. The van der Waals surface area contributed by atoms with E-state index in [0.717, 1.165) is 28.0 Å². The van der Waals surface area contributed by atoms with E-state index in [2.05, 4.69) is 22.4 Å². The first kappa shape index (κ1) is 16.5. The highest BCUT2D eigenvalue weighted by Crippen LogP contribution is 2.26. The molecule has 0 aliphatic rings. The Labute approximate surface area is 145 Å². The molecule has 24 heavy (non-hydrogen) atoms. The molecule has 5 heteroatoms. The molecule has 1 aromatic heterocycles. The number of nitrogens with zero attached hydrogens (tertiary/aromatic N) is 1. The number of thiazole rings is 1. The predicted molar refractivity (Wildman–Crippen MR) is 97.6 cm³/mol. The SMILES string of the molecule is CCC(C)NC(=O)c1csc(COc2cccc3ccccc23)n1. The molecule has 1 unspecified atom stereocenters. The number of nitrogens with one attached hydrogen (secondary N) is 1. The Morgan fingerprint density at radius 1 is 1.25 bits per heavy atom. The van der Waals surface area contributed by atoms with Gasteiger partial charge in [-0.25, -0.2) is 4.98 Å². The summed E-state index contributed by atoms with van der Waals surface area (Å²) < 4.78 is 5.92. The van der Waals surface area contributed by atoms with Crippen molar-refractivity contribution in [3.8, 4) is 5.75 Å². The first-order chi connectivity index (χ1) is 11.7. The molecule has 0 bridgehead atoms. The molecule has 0 spiro atoms. The van der Waals surface area contributed by atoms with Gasteiger partial charge in [0.1, 0.15) is 23.1 Å². The molecule has 124 valence electrons. The van der Waals surface area contributed by atoms with E-state index >= 15 is 0 Å². The van der Waals surface area contributed by atoms with Gasteiger partial charge in [0.2, 0.25) is 0 Å². The van der Waals surface area contributed by atoms with E-state index in [9.17, 15) is 4.79 Å². The van der Waals surface area contributed by atoms with Crippen LogP contribution in [0.3, 0.4) is 0 Å². The van der Waals surface area contributed by atoms with E-state index in [1.807, 2.05) is 44.2 Å². The Morgan fingerprint density at radius 2 is 2.04 bits per heavy atom. The number of hydrogen-bond acceptors (Lipinski definition) is 4. The zero-order valence-electron chi connectivity index (χ0n) is 13.8. The Kier molecular flexibility index (Phi) is 5.11.